The molecule has 1 aromatic rings. The fraction of sp³-hybridized carbons (Fsp3) is 0.467. The van der Waals surface area contributed by atoms with E-state index < -0.39 is 35.2 Å². The van der Waals surface area contributed by atoms with Crippen LogP contribution in [0.25, 0.3) is 0 Å². The fourth-order valence-electron chi connectivity index (χ4n) is 3.25. The maximum Gasteiger partial charge on any atom is 0.261 e. The Hall–Kier alpha value is -1.61. The predicted octanol–water partition coefficient (Wildman–Crippen LogP) is 0.291. The molecule has 124 valence electrons. The van der Waals surface area contributed by atoms with E-state index >= 15 is 0 Å². The van der Waals surface area contributed by atoms with Crippen LogP contribution in [0.2, 0.25) is 0 Å². The first-order chi connectivity index (χ1) is 10.9. The highest BCUT2D eigenvalue weighted by molar-refractivity contribution is 7.76. The van der Waals surface area contributed by atoms with Gasteiger partial charge in [0, 0.05) is 23.9 Å². The van der Waals surface area contributed by atoms with Crippen LogP contribution in [-0.2, 0) is 11.3 Å². The summed E-state index contributed by atoms with van der Waals surface area (Å²) in [5.41, 5.74) is 0.650. The minimum absolute atomic E-state index is 0.130. The molecule has 23 heavy (non-hydrogen) atoms. The van der Waals surface area contributed by atoms with Gasteiger partial charge >= 0.3 is 0 Å². The highest BCUT2D eigenvalue weighted by Gasteiger charge is 2.44. The van der Waals surface area contributed by atoms with Crippen LogP contribution in [0, 0.1) is 0 Å². The quantitative estimate of drug-likeness (QED) is 0.617. The molecule has 1 aromatic carbocycles. The van der Waals surface area contributed by atoms with Gasteiger partial charge in [-0.1, -0.05) is 12.1 Å². The molecule has 4 atom stereocenters. The van der Waals surface area contributed by atoms with Crippen molar-refractivity contribution in [2.75, 3.05) is 6.54 Å². The lowest BCUT2D eigenvalue weighted by molar-refractivity contribution is 0.0319. The first-order valence-corrected chi connectivity index (χ1v) is 8.46. The van der Waals surface area contributed by atoms with E-state index in [9.17, 15) is 23.5 Å². The molecule has 1 N–H and O–H groups in total. The number of aliphatic hydroxyl groups is 1. The summed E-state index contributed by atoms with van der Waals surface area (Å²) in [5.74, 6) is -0.863. The third-order valence-electron chi connectivity index (χ3n) is 4.53. The molecule has 0 bridgehead atoms. The van der Waals surface area contributed by atoms with E-state index in [-0.39, 0.29) is 12.6 Å². The lowest BCUT2D eigenvalue weighted by atomic mass is 10.0. The number of amides is 2. The van der Waals surface area contributed by atoms with Gasteiger partial charge in [-0.3, -0.25) is 18.7 Å². The first-order valence-electron chi connectivity index (χ1n) is 7.42. The molecule has 0 spiro atoms. The lowest BCUT2D eigenvalue weighted by Crippen LogP contribution is -2.49. The van der Waals surface area contributed by atoms with Crippen molar-refractivity contribution in [2.24, 2.45) is 0 Å². The van der Waals surface area contributed by atoms with Gasteiger partial charge in [-0.25, -0.2) is 4.31 Å². The molecule has 3 rings (SSSR count). The number of hydrogen-bond acceptors (Lipinski definition) is 5. The average molecular weight is 337 g/mol. The Morgan fingerprint density at radius 3 is 2.26 bits per heavy atom. The van der Waals surface area contributed by atoms with E-state index in [1.165, 1.54) is 0 Å². The van der Waals surface area contributed by atoms with Gasteiger partial charge in [0.05, 0.1) is 23.3 Å². The number of fused-ring (bicyclic) bond motifs is 1. The number of aliphatic hydroxyl groups excluding tert-OH is 1. The Kier molecular flexibility index (Phi) is 4.33. The molecular weight excluding hydrogens is 320 g/mol. The Bertz CT molecular complexity index is 645. The second kappa shape index (κ2) is 6.12. The molecule has 2 amide bonds. The molecule has 7 nitrogen and oxygen atoms in total. The van der Waals surface area contributed by atoms with E-state index in [1.807, 2.05) is 0 Å². The number of imide groups is 1. The summed E-state index contributed by atoms with van der Waals surface area (Å²) in [5, 5.41) is 10.4. The van der Waals surface area contributed by atoms with Crippen LogP contribution in [0.1, 0.15) is 40.5 Å². The molecule has 2 aliphatic heterocycles. The second-order valence-corrected chi connectivity index (χ2v) is 6.81. The van der Waals surface area contributed by atoms with Gasteiger partial charge in [-0.15, -0.1) is 0 Å². The summed E-state index contributed by atoms with van der Waals surface area (Å²) in [6, 6.07) is 5.52. The number of nitrogens with zero attached hydrogens (tertiary/aromatic N) is 2. The molecule has 0 aliphatic carbocycles. The monoisotopic (exact) mass is 337 g/mol. The molecule has 1 fully saturated rings. The van der Waals surface area contributed by atoms with Gasteiger partial charge in [-0.2, -0.15) is 0 Å². The minimum Gasteiger partial charge on any atom is -0.760 e. The Balaban J connectivity index is 1.89. The third-order valence-corrected chi connectivity index (χ3v) is 5.42. The van der Waals surface area contributed by atoms with Crippen molar-refractivity contribution >= 4 is 23.1 Å². The zero-order valence-corrected chi connectivity index (χ0v) is 13.4. The van der Waals surface area contributed by atoms with E-state index in [2.05, 4.69) is 0 Å². The van der Waals surface area contributed by atoms with Crippen molar-refractivity contribution in [1.82, 2.24) is 9.21 Å². The molecule has 2 aliphatic rings. The number of hydrogen-bond donors (Lipinski definition) is 1. The normalized spacial score (nSPS) is 30.2. The zero-order chi connectivity index (χ0) is 16.7. The highest BCUT2D eigenvalue weighted by atomic mass is 32.2. The zero-order valence-electron chi connectivity index (χ0n) is 12.5. The summed E-state index contributed by atoms with van der Waals surface area (Å²) in [6.45, 7) is 1.61. The summed E-state index contributed by atoms with van der Waals surface area (Å²) >= 11 is -2.45. The van der Waals surface area contributed by atoms with Gasteiger partial charge in [0.15, 0.2) is 0 Å². The van der Waals surface area contributed by atoms with E-state index in [0.29, 0.717) is 24.0 Å². The van der Waals surface area contributed by atoms with Crippen LogP contribution in [-0.4, -0.2) is 59.6 Å². The van der Waals surface area contributed by atoms with Crippen LogP contribution in [0.15, 0.2) is 24.3 Å². The molecule has 0 aromatic heterocycles. The number of β-amino-alcohol motifs (C(OH)–C–C–N with tert-alkyl or cyclic N) is 1. The highest BCUT2D eigenvalue weighted by Crippen LogP contribution is 2.30. The van der Waals surface area contributed by atoms with Crippen LogP contribution in [0.4, 0.5) is 0 Å². The summed E-state index contributed by atoms with van der Waals surface area (Å²) < 4.78 is 23.7. The second-order valence-electron chi connectivity index (χ2n) is 5.90. The maximum absolute atomic E-state index is 12.5. The number of benzene rings is 1. The van der Waals surface area contributed by atoms with Crippen molar-refractivity contribution in [3.05, 3.63) is 35.4 Å². The largest absolute Gasteiger partial charge is 0.760 e. The van der Waals surface area contributed by atoms with Gasteiger partial charge in [-0.05, 0) is 31.9 Å². The minimum atomic E-state index is -2.45. The summed E-state index contributed by atoms with van der Waals surface area (Å²) in [4.78, 5) is 26.1. The first kappa shape index (κ1) is 16.3. The molecule has 0 saturated carbocycles. The number of rotatable bonds is 2. The van der Waals surface area contributed by atoms with E-state index in [1.54, 1.807) is 31.2 Å². The van der Waals surface area contributed by atoms with Crippen LogP contribution in [0.3, 0.4) is 0 Å². The van der Waals surface area contributed by atoms with Crippen LogP contribution < -0.4 is 0 Å². The summed E-state index contributed by atoms with van der Waals surface area (Å²) in [7, 11) is 0. The van der Waals surface area contributed by atoms with Gasteiger partial charge in [0.1, 0.15) is 0 Å². The van der Waals surface area contributed by atoms with Crippen molar-refractivity contribution in [3.63, 3.8) is 0 Å². The Morgan fingerprint density at radius 1 is 1.17 bits per heavy atom. The number of carbonyl (C=O) groups is 2. The van der Waals surface area contributed by atoms with E-state index in [4.69, 9.17) is 0 Å². The van der Waals surface area contributed by atoms with Gasteiger partial charge < -0.3 is 9.66 Å². The Morgan fingerprint density at radius 2 is 1.74 bits per heavy atom. The van der Waals surface area contributed by atoms with Gasteiger partial charge in [0.2, 0.25) is 0 Å². The number of carbonyl (C=O) groups excluding carboxylic acids is 2. The predicted molar refractivity (Wildman–Crippen MR) is 81.1 cm³/mol. The summed E-state index contributed by atoms with van der Waals surface area (Å²) in [6.07, 6.45) is -0.287. The lowest BCUT2D eigenvalue weighted by Gasteiger charge is -2.31. The van der Waals surface area contributed by atoms with Gasteiger partial charge in [0.25, 0.3) is 11.8 Å². The van der Waals surface area contributed by atoms with Crippen molar-refractivity contribution < 1.29 is 23.5 Å². The Labute approximate surface area is 136 Å². The topological polar surface area (TPSA) is 101 Å². The standard InChI is InChI=1S/C15H18N2O5S/c1-9-6-7-12(13(18)8-16(9)23(21)22)17-14(19)10-4-2-3-5-11(10)15(17)20/h2-5,9,12-13,18H,6-8H2,1H3,(H,21,22)/p-1/t9-,12-,13-/m0/s1. The van der Waals surface area contributed by atoms with E-state index in [0.717, 1.165) is 9.21 Å². The fourth-order valence-corrected chi connectivity index (χ4v) is 3.93. The van der Waals surface area contributed by atoms with Crippen molar-refractivity contribution in [2.45, 2.75) is 38.0 Å². The smallest absolute Gasteiger partial charge is 0.261 e. The third kappa shape index (κ3) is 2.72. The molecular formula is C15H17N2O5S-. The van der Waals surface area contributed by atoms with Crippen LogP contribution >= 0.6 is 0 Å². The molecule has 8 heteroatoms. The molecule has 2 heterocycles. The average Bonchev–Trinajstić information content (AvgIpc) is 2.67. The molecule has 1 saturated heterocycles. The van der Waals surface area contributed by atoms with Crippen molar-refractivity contribution in [1.29, 1.82) is 0 Å². The SMILES string of the molecule is C[C@H]1CC[C@H](N2C(=O)c3ccccc3C2=O)[C@@H](O)CN1S(=O)[O-]. The molecule has 1 unspecified atom stereocenters. The van der Waals surface area contributed by atoms with Crippen LogP contribution in [0.5, 0.6) is 0 Å². The maximum atomic E-state index is 12.5. The van der Waals surface area contributed by atoms with Crippen molar-refractivity contribution in [3.8, 4) is 0 Å². The molecule has 0 radical (unpaired) electrons.